The van der Waals surface area contributed by atoms with Crippen LogP contribution in [-0.2, 0) is 9.53 Å². The van der Waals surface area contributed by atoms with Gasteiger partial charge in [0.2, 0.25) is 5.95 Å². The van der Waals surface area contributed by atoms with Gasteiger partial charge < -0.3 is 9.64 Å². The number of anilines is 1. The lowest BCUT2D eigenvalue weighted by Gasteiger charge is -2.31. The first-order valence-electron chi connectivity index (χ1n) is 8.04. The van der Waals surface area contributed by atoms with E-state index in [1.807, 2.05) is 4.90 Å². The fourth-order valence-electron chi connectivity index (χ4n) is 2.83. The third-order valence-electron chi connectivity index (χ3n) is 3.99. The first-order valence-corrected chi connectivity index (χ1v) is 8.04. The van der Waals surface area contributed by atoms with Gasteiger partial charge in [0.15, 0.2) is 0 Å². The monoisotopic (exact) mass is 330 g/mol. The number of nitrogens with zero attached hydrogens (tertiary/aromatic N) is 4. The van der Waals surface area contributed by atoms with Gasteiger partial charge in [0.05, 0.1) is 24.4 Å². The Kier molecular flexibility index (Phi) is 4.98. The summed E-state index contributed by atoms with van der Waals surface area (Å²) in [6.07, 6.45) is 3.16. The largest absolute Gasteiger partial charge is 0.466 e. The number of hydrogen-bond acceptors (Lipinski definition) is 6. The Morgan fingerprint density at radius 3 is 3.12 bits per heavy atom. The molecule has 1 fully saturated rings. The van der Waals surface area contributed by atoms with E-state index in [-0.39, 0.29) is 17.7 Å². The minimum atomic E-state index is -0.326. The summed E-state index contributed by atoms with van der Waals surface area (Å²) in [4.78, 5) is 18.4. The van der Waals surface area contributed by atoms with Crippen LogP contribution < -0.4 is 4.90 Å². The molecule has 2 heterocycles. The maximum absolute atomic E-state index is 13.4. The predicted molar refractivity (Wildman–Crippen MR) is 86.8 cm³/mol. The molecule has 1 aromatic carbocycles. The van der Waals surface area contributed by atoms with E-state index in [1.165, 1.54) is 18.3 Å². The Balaban J connectivity index is 1.79. The van der Waals surface area contributed by atoms with Crippen LogP contribution >= 0.6 is 0 Å². The molecule has 1 saturated heterocycles. The lowest BCUT2D eigenvalue weighted by atomic mass is 9.98. The number of rotatable bonds is 4. The van der Waals surface area contributed by atoms with Gasteiger partial charge in [0, 0.05) is 18.7 Å². The number of halogens is 1. The van der Waals surface area contributed by atoms with Crippen LogP contribution in [-0.4, -0.2) is 40.8 Å². The number of ether oxygens (including phenoxy) is 1. The molecule has 0 N–H and O–H groups in total. The zero-order chi connectivity index (χ0) is 16.9. The summed E-state index contributed by atoms with van der Waals surface area (Å²) in [5.74, 6) is -0.240. The number of carbonyl (C=O) groups is 1. The lowest BCUT2D eigenvalue weighted by molar-refractivity contribution is -0.148. The predicted octanol–water partition coefficient (Wildman–Crippen LogP) is 2.46. The van der Waals surface area contributed by atoms with Crippen LogP contribution in [0.25, 0.3) is 11.3 Å². The van der Waals surface area contributed by atoms with Crippen molar-refractivity contribution >= 4 is 11.9 Å². The number of aromatic nitrogens is 3. The van der Waals surface area contributed by atoms with E-state index in [0.717, 1.165) is 19.4 Å². The van der Waals surface area contributed by atoms with Crippen LogP contribution in [0, 0.1) is 11.7 Å². The third-order valence-corrected chi connectivity index (χ3v) is 3.99. The van der Waals surface area contributed by atoms with Gasteiger partial charge in [-0.1, -0.05) is 12.1 Å². The molecule has 0 spiro atoms. The van der Waals surface area contributed by atoms with Crippen molar-refractivity contribution < 1.29 is 13.9 Å². The maximum Gasteiger partial charge on any atom is 0.310 e. The zero-order valence-corrected chi connectivity index (χ0v) is 13.5. The number of benzene rings is 1. The molecule has 3 rings (SSSR count). The van der Waals surface area contributed by atoms with Crippen LogP contribution in [0.15, 0.2) is 30.5 Å². The smallest absolute Gasteiger partial charge is 0.310 e. The Morgan fingerprint density at radius 2 is 2.33 bits per heavy atom. The molecular formula is C17H19FN4O2. The molecule has 1 aromatic heterocycles. The second kappa shape index (κ2) is 7.33. The quantitative estimate of drug-likeness (QED) is 0.802. The fraction of sp³-hybridized carbons (Fsp3) is 0.412. The summed E-state index contributed by atoms with van der Waals surface area (Å²) in [5, 5.41) is 8.05. The summed E-state index contributed by atoms with van der Waals surface area (Å²) >= 11 is 0. The van der Waals surface area contributed by atoms with Crippen LogP contribution in [0.2, 0.25) is 0 Å². The molecule has 1 atom stereocenters. The Hall–Kier alpha value is -2.57. The van der Waals surface area contributed by atoms with E-state index in [4.69, 9.17) is 4.74 Å². The summed E-state index contributed by atoms with van der Waals surface area (Å²) in [6, 6.07) is 6.19. The van der Waals surface area contributed by atoms with E-state index >= 15 is 0 Å². The van der Waals surface area contributed by atoms with Crippen LogP contribution in [0.5, 0.6) is 0 Å². The van der Waals surface area contributed by atoms with Gasteiger partial charge in [-0.15, -0.1) is 5.10 Å². The number of esters is 1. The molecule has 1 aliphatic heterocycles. The molecule has 0 bridgehead atoms. The van der Waals surface area contributed by atoms with Crippen molar-refractivity contribution in [2.75, 3.05) is 24.6 Å². The third kappa shape index (κ3) is 3.67. The first kappa shape index (κ1) is 16.3. The molecule has 2 aromatic rings. The Morgan fingerprint density at radius 1 is 1.46 bits per heavy atom. The van der Waals surface area contributed by atoms with Crippen LogP contribution in [0.1, 0.15) is 19.8 Å². The van der Waals surface area contributed by atoms with Gasteiger partial charge in [-0.3, -0.25) is 4.79 Å². The van der Waals surface area contributed by atoms with Crippen molar-refractivity contribution in [1.29, 1.82) is 0 Å². The standard InChI is InChI=1S/C17H19FN4O2/c1-2-24-16(23)13-6-4-8-22(11-13)17-20-15(10-19-21-17)12-5-3-7-14(18)9-12/h3,5,7,9-10,13H,2,4,6,8,11H2,1H3. The minimum absolute atomic E-state index is 0.180. The highest BCUT2D eigenvalue weighted by Crippen LogP contribution is 2.23. The van der Waals surface area contributed by atoms with Gasteiger partial charge in [-0.05, 0) is 31.9 Å². The van der Waals surface area contributed by atoms with E-state index in [9.17, 15) is 9.18 Å². The van der Waals surface area contributed by atoms with Gasteiger partial charge in [-0.25, -0.2) is 9.37 Å². The number of hydrogen-bond donors (Lipinski definition) is 0. The summed E-state index contributed by atoms with van der Waals surface area (Å²) < 4.78 is 18.5. The topological polar surface area (TPSA) is 68.2 Å². The molecule has 24 heavy (non-hydrogen) atoms. The second-order valence-corrected chi connectivity index (χ2v) is 5.69. The van der Waals surface area contributed by atoms with E-state index in [2.05, 4.69) is 15.2 Å². The normalized spacial score (nSPS) is 17.6. The minimum Gasteiger partial charge on any atom is -0.466 e. The summed E-state index contributed by atoms with van der Waals surface area (Å²) in [5.41, 5.74) is 1.20. The van der Waals surface area contributed by atoms with Crippen molar-refractivity contribution in [3.63, 3.8) is 0 Å². The molecule has 0 amide bonds. The second-order valence-electron chi connectivity index (χ2n) is 5.69. The summed E-state index contributed by atoms with van der Waals surface area (Å²) in [6.45, 7) is 3.44. The Labute approximate surface area is 139 Å². The average Bonchev–Trinajstić information content (AvgIpc) is 2.62. The van der Waals surface area contributed by atoms with Gasteiger partial charge in [0.25, 0.3) is 0 Å². The summed E-state index contributed by atoms with van der Waals surface area (Å²) in [7, 11) is 0. The molecule has 0 saturated carbocycles. The molecule has 126 valence electrons. The van der Waals surface area contributed by atoms with Crippen LogP contribution in [0.3, 0.4) is 0 Å². The SMILES string of the molecule is CCOC(=O)C1CCCN(c2nncc(-c3cccc(F)c3)n2)C1. The van der Waals surface area contributed by atoms with Crippen molar-refractivity contribution in [3.8, 4) is 11.3 Å². The highest BCUT2D eigenvalue weighted by molar-refractivity contribution is 5.73. The first-order chi connectivity index (χ1) is 11.7. The molecule has 1 unspecified atom stereocenters. The van der Waals surface area contributed by atoms with Crippen molar-refractivity contribution in [3.05, 3.63) is 36.3 Å². The lowest BCUT2D eigenvalue weighted by Crippen LogP contribution is -2.40. The fourth-order valence-corrected chi connectivity index (χ4v) is 2.83. The van der Waals surface area contributed by atoms with Gasteiger partial charge >= 0.3 is 5.97 Å². The van der Waals surface area contributed by atoms with Gasteiger partial charge in [-0.2, -0.15) is 5.10 Å². The number of piperidine rings is 1. The highest BCUT2D eigenvalue weighted by Gasteiger charge is 2.28. The van der Waals surface area contributed by atoms with Crippen molar-refractivity contribution in [2.45, 2.75) is 19.8 Å². The number of carbonyl (C=O) groups excluding carboxylic acids is 1. The molecule has 7 heteroatoms. The average molecular weight is 330 g/mol. The van der Waals surface area contributed by atoms with Crippen molar-refractivity contribution in [2.24, 2.45) is 5.92 Å². The molecule has 0 radical (unpaired) electrons. The van der Waals surface area contributed by atoms with E-state index < -0.39 is 0 Å². The molecule has 6 nitrogen and oxygen atoms in total. The van der Waals surface area contributed by atoms with Crippen LogP contribution in [0.4, 0.5) is 10.3 Å². The van der Waals surface area contributed by atoms with Crippen molar-refractivity contribution in [1.82, 2.24) is 15.2 Å². The Bertz CT molecular complexity index is 725. The van der Waals surface area contributed by atoms with Gasteiger partial charge in [0.1, 0.15) is 5.82 Å². The molecule has 1 aliphatic rings. The zero-order valence-electron chi connectivity index (χ0n) is 13.5. The molecule has 0 aliphatic carbocycles. The highest BCUT2D eigenvalue weighted by atomic mass is 19.1. The molecular weight excluding hydrogens is 311 g/mol. The maximum atomic E-state index is 13.4. The van der Waals surface area contributed by atoms with E-state index in [1.54, 1.807) is 19.1 Å². The van der Waals surface area contributed by atoms with E-state index in [0.29, 0.717) is 30.4 Å².